The van der Waals surface area contributed by atoms with Crippen LogP contribution in [0.2, 0.25) is 5.02 Å². The summed E-state index contributed by atoms with van der Waals surface area (Å²) in [7, 11) is 0. The van der Waals surface area contributed by atoms with E-state index in [-0.39, 0.29) is 23.8 Å². The Morgan fingerprint density at radius 2 is 1.78 bits per heavy atom. The Morgan fingerprint density at radius 1 is 1.03 bits per heavy atom. The van der Waals surface area contributed by atoms with Gasteiger partial charge in [-0.1, -0.05) is 66.2 Å². The second-order valence-electron chi connectivity index (χ2n) is 7.70. The predicted octanol–water partition coefficient (Wildman–Crippen LogP) is 4.82. The number of aliphatic carboxylic acids is 1. The summed E-state index contributed by atoms with van der Waals surface area (Å²) in [5.74, 6) is -2.51. The third kappa shape index (κ3) is 6.48. The second-order valence-corrected chi connectivity index (χ2v) is 9.08. The van der Waals surface area contributed by atoms with Gasteiger partial charge >= 0.3 is 5.97 Å². The highest BCUT2D eigenvalue weighted by Crippen LogP contribution is 2.38. The van der Waals surface area contributed by atoms with Crippen LogP contribution >= 0.6 is 22.9 Å². The highest BCUT2D eigenvalue weighted by molar-refractivity contribution is 7.10. The van der Waals surface area contributed by atoms with Gasteiger partial charge in [0.05, 0.1) is 17.3 Å². The van der Waals surface area contributed by atoms with Crippen molar-refractivity contribution in [2.75, 3.05) is 11.4 Å². The zero-order valence-electron chi connectivity index (χ0n) is 19.3. The van der Waals surface area contributed by atoms with E-state index >= 15 is 0 Å². The molecule has 0 spiro atoms. The maximum Gasteiger partial charge on any atom is 0.328 e. The number of carbonyl (C=O) groups is 3. The molecule has 1 aromatic heterocycles. The first-order valence-electron chi connectivity index (χ1n) is 11.0. The summed E-state index contributed by atoms with van der Waals surface area (Å²) in [5.41, 5.74) is 1.33. The largest absolute Gasteiger partial charge is 0.478 e. The van der Waals surface area contributed by atoms with Gasteiger partial charge in [-0.05, 0) is 23.1 Å². The van der Waals surface area contributed by atoms with E-state index in [2.05, 4.69) is 6.58 Å². The van der Waals surface area contributed by atoms with Crippen LogP contribution in [0.1, 0.15) is 22.0 Å². The minimum absolute atomic E-state index is 0.131. The first-order valence-corrected chi connectivity index (χ1v) is 12.2. The molecule has 0 aliphatic heterocycles. The van der Waals surface area contributed by atoms with Crippen molar-refractivity contribution in [1.82, 2.24) is 4.90 Å². The van der Waals surface area contributed by atoms with Crippen molar-refractivity contribution in [3.05, 3.63) is 112 Å². The molecule has 0 aliphatic carbocycles. The van der Waals surface area contributed by atoms with Crippen molar-refractivity contribution >= 4 is 46.4 Å². The zero-order valence-corrected chi connectivity index (χ0v) is 20.9. The fourth-order valence-electron chi connectivity index (χ4n) is 3.72. The van der Waals surface area contributed by atoms with E-state index in [1.807, 2.05) is 30.3 Å². The van der Waals surface area contributed by atoms with Gasteiger partial charge in [-0.25, -0.2) is 4.79 Å². The van der Waals surface area contributed by atoms with Crippen molar-refractivity contribution in [1.29, 1.82) is 0 Å². The van der Waals surface area contributed by atoms with Gasteiger partial charge in [-0.2, -0.15) is 0 Å². The normalized spacial score (nSPS) is 11.7. The van der Waals surface area contributed by atoms with Crippen LogP contribution in [0.3, 0.4) is 0 Å². The molecule has 3 rings (SSSR count). The molecule has 9 heteroatoms. The first kappa shape index (κ1) is 26.9. The summed E-state index contributed by atoms with van der Waals surface area (Å²) in [4.78, 5) is 42.1. The fourth-order valence-corrected chi connectivity index (χ4v) is 4.81. The molecule has 186 valence electrons. The minimum Gasteiger partial charge on any atom is -0.478 e. The molecule has 0 fully saturated rings. The molecule has 7 nitrogen and oxygen atoms in total. The number of carboxylic acid groups (broad SMARTS) is 1. The molecule has 2 amide bonds. The molecule has 0 bridgehead atoms. The van der Waals surface area contributed by atoms with E-state index in [4.69, 9.17) is 16.7 Å². The molecule has 3 aromatic rings. The number of amides is 2. The number of rotatable bonds is 11. The molecule has 2 N–H and O–H groups in total. The monoisotopic (exact) mass is 524 g/mol. The van der Waals surface area contributed by atoms with Crippen molar-refractivity contribution < 1.29 is 24.6 Å². The summed E-state index contributed by atoms with van der Waals surface area (Å²) in [6, 6.07) is 16.4. The molecular weight excluding hydrogens is 500 g/mol. The number of aliphatic hydroxyl groups excluding tert-OH is 1. The third-order valence-corrected chi connectivity index (χ3v) is 6.50. The molecular formula is C27H25ClN2O5S. The Hall–Kier alpha value is -3.72. The molecule has 0 saturated heterocycles. The van der Waals surface area contributed by atoms with Crippen LogP contribution in [0.5, 0.6) is 0 Å². The van der Waals surface area contributed by atoms with E-state index in [0.29, 0.717) is 16.5 Å². The summed E-state index contributed by atoms with van der Waals surface area (Å²) in [5, 5.41) is 21.0. The van der Waals surface area contributed by atoms with E-state index < -0.39 is 30.4 Å². The molecule has 2 aromatic carbocycles. The number of carbonyl (C=O) groups excluding carboxylic acids is 2. The lowest BCUT2D eigenvalue weighted by atomic mass is 10.1. The van der Waals surface area contributed by atoms with Gasteiger partial charge in [-0.3, -0.25) is 14.5 Å². The van der Waals surface area contributed by atoms with Gasteiger partial charge in [0, 0.05) is 35.7 Å². The summed E-state index contributed by atoms with van der Waals surface area (Å²) in [6.45, 7) is 3.79. The average molecular weight is 525 g/mol. The van der Waals surface area contributed by atoms with Crippen molar-refractivity contribution in [2.24, 2.45) is 0 Å². The van der Waals surface area contributed by atoms with E-state index in [9.17, 15) is 19.5 Å². The smallest absolute Gasteiger partial charge is 0.328 e. The van der Waals surface area contributed by atoms with Gasteiger partial charge in [0.15, 0.2) is 6.04 Å². The minimum atomic E-state index is -1.32. The topological polar surface area (TPSA) is 98.2 Å². The fraction of sp³-hybridized carbons (Fsp3) is 0.148. The molecule has 1 atom stereocenters. The lowest BCUT2D eigenvalue weighted by Gasteiger charge is -2.35. The van der Waals surface area contributed by atoms with Gasteiger partial charge in [0.1, 0.15) is 0 Å². The van der Waals surface area contributed by atoms with Crippen LogP contribution in [-0.2, 0) is 27.5 Å². The van der Waals surface area contributed by atoms with Crippen LogP contribution in [0.15, 0.2) is 90.9 Å². The number of hydrogen-bond acceptors (Lipinski definition) is 5. The number of carboxylic acids is 1. The van der Waals surface area contributed by atoms with Gasteiger partial charge in [-0.15, -0.1) is 17.9 Å². The third-order valence-electron chi connectivity index (χ3n) is 5.27. The zero-order chi connectivity index (χ0) is 26.1. The molecule has 0 aliphatic rings. The van der Waals surface area contributed by atoms with Crippen LogP contribution < -0.4 is 4.90 Å². The maximum atomic E-state index is 14.1. The molecule has 1 heterocycles. The van der Waals surface area contributed by atoms with Gasteiger partial charge < -0.3 is 15.1 Å². The SMILES string of the molecule is C=CCN(Cc1ccccc1)C(=O)C(c1cccs1)N(C(=O)/C=C\C(=O)O)c1c(Cl)cccc1CO. The number of thiophene rings is 1. The standard InChI is InChI=1S/C27H25ClN2O5S/c1-2-15-29(17-19-8-4-3-5-9-19)27(35)26(22-12-7-16-36-22)30(23(32)13-14-24(33)34)25-20(18-31)10-6-11-21(25)28/h2-14,16,26,31H,1,15,17-18H2,(H,33,34)/b14-13-. The van der Waals surface area contributed by atoms with Crippen molar-refractivity contribution in [3.8, 4) is 0 Å². The summed E-state index contributed by atoms with van der Waals surface area (Å²) < 4.78 is 0. The highest BCUT2D eigenvalue weighted by atomic mass is 35.5. The number of para-hydroxylation sites is 1. The van der Waals surface area contributed by atoms with Crippen molar-refractivity contribution in [3.63, 3.8) is 0 Å². The number of benzene rings is 2. The first-order chi connectivity index (χ1) is 17.4. The number of hydrogen-bond donors (Lipinski definition) is 2. The summed E-state index contributed by atoms with van der Waals surface area (Å²) >= 11 is 7.78. The molecule has 1 unspecified atom stereocenters. The van der Waals surface area contributed by atoms with Crippen LogP contribution in [-0.4, -0.2) is 39.4 Å². The lowest BCUT2D eigenvalue weighted by molar-refractivity contribution is -0.134. The van der Waals surface area contributed by atoms with E-state index in [1.54, 1.807) is 46.7 Å². The Kier molecular flexibility index (Phi) is 9.58. The maximum absolute atomic E-state index is 14.1. The van der Waals surface area contributed by atoms with Crippen LogP contribution in [0.25, 0.3) is 0 Å². The van der Waals surface area contributed by atoms with E-state index in [0.717, 1.165) is 16.5 Å². The van der Waals surface area contributed by atoms with Gasteiger partial charge in [0.2, 0.25) is 0 Å². The molecule has 0 radical (unpaired) electrons. The second kappa shape index (κ2) is 12.8. The van der Waals surface area contributed by atoms with Gasteiger partial charge in [0.25, 0.3) is 11.8 Å². The Balaban J connectivity index is 2.19. The van der Waals surface area contributed by atoms with Crippen LogP contribution in [0.4, 0.5) is 5.69 Å². The Labute approximate surface area is 218 Å². The lowest BCUT2D eigenvalue weighted by Crippen LogP contribution is -2.45. The number of nitrogens with zero attached hydrogens (tertiary/aromatic N) is 2. The average Bonchev–Trinajstić information content (AvgIpc) is 3.40. The Bertz CT molecular complexity index is 1240. The molecule has 0 saturated carbocycles. The number of anilines is 1. The quantitative estimate of drug-likeness (QED) is 0.277. The predicted molar refractivity (Wildman–Crippen MR) is 141 cm³/mol. The van der Waals surface area contributed by atoms with Crippen molar-refractivity contribution in [2.45, 2.75) is 19.2 Å². The van der Waals surface area contributed by atoms with E-state index in [1.165, 1.54) is 11.3 Å². The summed E-state index contributed by atoms with van der Waals surface area (Å²) in [6.07, 6.45) is 3.17. The number of aliphatic hydroxyl groups is 1. The Morgan fingerprint density at radius 3 is 2.39 bits per heavy atom. The highest BCUT2D eigenvalue weighted by Gasteiger charge is 2.37. The molecule has 36 heavy (non-hydrogen) atoms. The number of halogens is 1. The van der Waals surface area contributed by atoms with Crippen LogP contribution in [0, 0.1) is 0 Å².